The van der Waals surface area contributed by atoms with Crippen molar-refractivity contribution in [1.29, 1.82) is 0 Å². The van der Waals surface area contributed by atoms with Gasteiger partial charge in [0.1, 0.15) is 6.04 Å². The van der Waals surface area contributed by atoms with E-state index in [0.29, 0.717) is 13.0 Å². The molecule has 1 aromatic heterocycles. The molecule has 1 aliphatic carbocycles. The number of carbonyl (C=O) groups is 1. The van der Waals surface area contributed by atoms with Crippen molar-refractivity contribution in [2.75, 3.05) is 0 Å². The first-order valence-corrected chi connectivity index (χ1v) is 8.32. The molecule has 0 amide bonds. The Labute approximate surface area is 136 Å². The summed E-state index contributed by atoms with van der Waals surface area (Å²) in [6.07, 6.45) is 4.70. The second-order valence-electron chi connectivity index (χ2n) is 6.03. The molecule has 23 heavy (non-hydrogen) atoms. The van der Waals surface area contributed by atoms with Gasteiger partial charge in [0.25, 0.3) is 0 Å². The van der Waals surface area contributed by atoms with Gasteiger partial charge in [-0.3, -0.25) is 10.1 Å². The van der Waals surface area contributed by atoms with Crippen LogP contribution in [0.3, 0.4) is 0 Å². The minimum absolute atomic E-state index is 0.501. The van der Waals surface area contributed by atoms with Crippen molar-refractivity contribution in [3.05, 3.63) is 47.3 Å². The molecule has 1 atom stereocenters. The van der Waals surface area contributed by atoms with Gasteiger partial charge in [-0.05, 0) is 43.4 Å². The largest absolute Gasteiger partial charge is 0.480 e. The van der Waals surface area contributed by atoms with Gasteiger partial charge in [-0.2, -0.15) is 5.10 Å². The van der Waals surface area contributed by atoms with E-state index in [0.717, 1.165) is 37.1 Å². The number of rotatable bonds is 7. The number of nitrogens with one attached hydrogen (secondary N) is 1. The molecule has 0 bridgehead atoms. The molecule has 2 N–H and O–H groups in total. The summed E-state index contributed by atoms with van der Waals surface area (Å²) in [4.78, 5) is 11.3. The lowest BCUT2D eigenvalue weighted by atomic mass is 10.1. The summed E-state index contributed by atoms with van der Waals surface area (Å²) in [5.74, 6) is -0.786. The number of para-hydroxylation sites is 1. The number of benzene rings is 1. The number of aromatic nitrogens is 2. The Kier molecular flexibility index (Phi) is 4.76. The molecule has 0 saturated heterocycles. The highest BCUT2D eigenvalue weighted by atomic mass is 16.4. The van der Waals surface area contributed by atoms with Crippen molar-refractivity contribution in [2.24, 2.45) is 0 Å². The van der Waals surface area contributed by atoms with Crippen molar-refractivity contribution < 1.29 is 9.90 Å². The molecular formula is C18H23N3O2. The Morgan fingerprint density at radius 2 is 2.13 bits per heavy atom. The zero-order valence-corrected chi connectivity index (χ0v) is 13.5. The number of carboxylic acid groups (broad SMARTS) is 1. The van der Waals surface area contributed by atoms with Crippen LogP contribution in [0, 0.1) is 0 Å². The number of hydrogen-bond donors (Lipinski definition) is 2. The van der Waals surface area contributed by atoms with Crippen molar-refractivity contribution >= 4 is 5.97 Å². The molecule has 5 nitrogen and oxygen atoms in total. The molecule has 1 aliphatic rings. The van der Waals surface area contributed by atoms with E-state index in [2.05, 4.69) is 17.4 Å². The first-order chi connectivity index (χ1) is 11.2. The summed E-state index contributed by atoms with van der Waals surface area (Å²) in [5.41, 5.74) is 4.63. The molecule has 0 aliphatic heterocycles. The number of fused-ring (bicyclic) bond motifs is 1. The number of nitrogens with zero attached hydrogens (tertiary/aromatic N) is 2. The van der Waals surface area contributed by atoms with Crippen LogP contribution in [0.15, 0.2) is 30.3 Å². The lowest BCUT2D eigenvalue weighted by molar-refractivity contribution is -0.139. The summed E-state index contributed by atoms with van der Waals surface area (Å²) in [6, 6.07) is 9.63. The molecule has 2 aromatic rings. The summed E-state index contributed by atoms with van der Waals surface area (Å²) < 4.78 is 2.02. The fraction of sp³-hybridized carbons (Fsp3) is 0.444. The molecule has 1 aromatic carbocycles. The van der Waals surface area contributed by atoms with Gasteiger partial charge >= 0.3 is 5.97 Å². The van der Waals surface area contributed by atoms with E-state index in [9.17, 15) is 9.90 Å². The van der Waals surface area contributed by atoms with E-state index in [1.165, 1.54) is 11.3 Å². The second kappa shape index (κ2) is 6.96. The van der Waals surface area contributed by atoms with Crippen LogP contribution in [0.2, 0.25) is 0 Å². The third-order valence-corrected chi connectivity index (χ3v) is 4.41. The molecule has 1 heterocycles. The van der Waals surface area contributed by atoms with Crippen LogP contribution >= 0.6 is 0 Å². The van der Waals surface area contributed by atoms with Crippen LogP contribution in [0.1, 0.15) is 43.1 Å². The maximum Gasteiger partial charge on any atom is 0.320 e. The number of aliphatic carboxylic acids is 1. The molecule has 5 heteroatoms. The Morgan fingerprint density at radius 1 is 1.35 bits per heavy atom. The van der Waals surface area contributed by atoms with Crippen molar-refractivity contribution in [3.63, 3.8) is 0 Å². The SMILES string of the molecule is CCCC(NCc1nn(-c2ccccc2)c2c1CCC2)C(=O)O. The highest BCUT2D eigenvalue weighted by Crippen LogP contribution is 2.27. The van der Waals surface area contributed by atoms with Crippen molar-refractivity contribution in [3.8, 4) is 5.69 Å². The normalized spacial score (nSPS) is 14.7. The Bertz CT molecular complexity index is 679. The number of carboxylic acids is 1. The van der Waals surface area contributed by atoms with Crippen LogP contribution in [0.4, 0.5) is 0 Å². The van der Waals surface area contributed by atoms with Crippen LogP contribution in [0.5, 0.6) is 0 Å². The average Bonchev–Trinajstić information content (AvgIpc) is 3.15. The Hall–Kier alpha value is -2.14. The third-order valence-electron chi connectivity index (χ3n) is 4.41. The van der Waals surface area contributed by atoms with Gasteiger partial charge in [0.15, 0.2) is 0 Å². The highest BCUT2D eigenvalue weighted by molar-refractivity contribution is 5.73. The molecule has 1 unspecified atom stereocenters. The Morgan fingerprint density at radius 3 is 2.83 bits per heavy atom. The topological polar surface area (TPSA) is 67.2 Å². The molecule has 0 saturated carbocycles. The smallest absolute Gasteiger partial charge is 0.320 e. The van der Waals surface area contributed by atoms with E-state index >= 15 is 0 Å². The van der Waals surface area contributed by atoms with Crippen molar-refractivity contribution in [1.82, 2.24) is 15.1 Å². The first-order valence-electron chi connectivity index (χ1n) is 8.32. The van der Waals surface area contributed by atoms with E-state index in [1.54, 1.807) is 0 Å². The molecule has 122 valence electrons. The zero-order chi connectivity index (χ0) is 16.2. The van der Waals surface area contributed by atoms with E-state index in [-0.39, 0.29) is 0 Å². The predicted octanol–water partition coefficient (Wildman–Crippen LogP) is 2.70. The second-order valence-corrected chi connectivity index (χ2v) is 6.03. The van der Waals surface area contributed by atoms with E-state index < -0.39 is 12.0 Å². The summed E-state index contributed by atoms with van der Waals surface area (Å²) in [7, 11) is 0. The average molecular weight is 313 g/mol. The quantitative estimate of drug-likeness (QED) is 0.825. The van der Waals surface area contributed by atoms with Crippen molar-refractivity contribution in [2.45, 2.75) is 51.6 Å². The summed E-state index contributed by atoms with van der Waals surface area (Å²) in [5, 5.41) is 17.2. The minimum atomic E-state index is -0.786. The molecule has 0 radical (unpaired) electrons. The zero-order valence-electron chi connectivity index (χ0n) is 13.5. The maximum atomic E-state index is 11.3. The minimum Gasteiger partial charge on any atom is -0.480 e. The highest BCUT2D eigenvalue weighted by Gasteiger charge is 2.24. The first kappa shape index (κ1) is 15.7. The van der Waals surface area contributed by atoms with Gasteiger partial charge in [0.2, 0.25) is 0 Å². The predicted molar refractivity (Wildman–Crippen MR) is 88.8 cm³/mol. The number of hydrogen-bond acceptors (Lipinski definition) is 3. The lowest BCUT2D eigenvalue weighted by Gasteiger charge is -2.12. The maximum absolute atomic E-state index is 11.3. The third kappa shape index (κ3) is 3.29. The van der Waals surface area contributed by atoms with Gasteiger partial charge in [0.05, 0.1) is 11.4 Å². The van der Waals surface area contributed by atoms with Gasteiger partial charge in [-0.25, -0.2) is 4.68 Å². The summed E-state index contributed by atoms with van der Waals surface area (Å²) >= 11 is 0. The fourth-order valence-corrected chi connectivity index (χ4v) is 3.26. The van der Waals surface area contributed by atoms with Gasteiger partial charge in [-0.15, -0.1) is 0 Å². The van der Waals surface area contributed by atoms with Crippen LogP contribution in [0.25, 0.3) is 5.69 Å². The van der Waals surface area contributed by atoms with Crippen LogP contribution < -0.4 is 5.32 Å². The van der Waals surface area contributed by atoms with Gasteiger partial charge < -0.3 is 5.11 Å². The molecule has 3 rings (SSSR count). The Balaban J connectivity index is 1.82. The fourth-order valence-electron chi connectivity index (χ4n) is 3.26. The molecule has 0 spiro atoms. The molecule has 0 fully saturated rings. The van der Waals surface area contributed by atoms with Crippen LogP contribution in [-0.4, -0.2) is 26.9 Å². The van der Waals surface area contributed by atoms with E-state index in [1.807, 2.05) is 29.8 Å². The van der Waals surface area contributed by atoms with Crippen LogP contribution in [-0.2, 0) is 24.2 Å². The van der Waals surface area contributed by atoms with Gasteiger partial charge in [-0.1, -0.05) is 31.5 Å². The standard InChI is InChI=1S/C18H23N3O2/c1-2-7-15(18(22)23)19-12-16-14-10-6-11-17(14)21(20-16)13-8-4-3-5-9-13/h3-5,8-9,15,19H,2,6-7,10-12H2,1H3,(H,22,23). The lowest BCUT2D eigenvalue weighted by Crippen LogP contribution is -2.36. The summed E-state index contributed by atoms with van der Waals surface area (Å²) in [6.45, 7) is 2.51. The molecular weight excluding hydrogens is 290 g/mol. The van der Waals surface area contributed by atoms with Gasteiger partial charge in [0, 0.05) is 12.2 Å². The monoisotopic (exact) mass is 313 g/mol. The van der Waals surface area contributed by atoms with E-state index in [4.69, 9.17) is 5.10 Å².